The Morgan fingerprint density at radius 3 is 2.59 bits per heavy atom. The van der Waals surface area contributed by atoms with Crippen LogP contribution in [0.25, 0.3) is 0 Å². The van der Waals surface area contributed by atoms with Crippen LogP contribution in [0, 0.1) is 55.4 Å². The first-order valence-electron chi connectivity index (χ1n) is 8.28. The minimum absolute atomic E-state index is 0.119. The minimum Gasteiger partial charge on any atom is -0.399 e. The lowest BCUT2D eigenvalue weighted by Gasteiger charge is -2.43. The average Bonchev–Trinajstić information content (AvgIpc) is 2.68. The third-order valence-corrected chi connectivity index (χ3v) is 5.67. The molecule has 2 aliphatic rings. The number of non-ortho nitro benzene ring substituents is 1. The van der Waals surface area contributed by atoms with Crippen molar-refractivity contribution < 1.29 is 4.92 Å². The topological polar surface area (TPSA) is 141 Å². The number of hydrogen-bond acceptors (Lipinski definition) is 6. The van der Waals surface area contributed by atoms with Crippen molar-refractivity contribution in [1.82, 2.24) is 0 Å². The number of nitriles is 3. The average molecular weight is 380 g/mol. The molecule has 8 heteroatoms. The molecule has 0 bridgehead atoms. The molecule has 0 saturated heterocycles. The molecule has 2 unspecified atom stereocenters. The Morgan fingerprint density at radius 2 is 2.00 bits per heavy atom. The Bertz CT molecular complexity index is 1010. The van der Waals surface area contributed by atoms with Crippen molar-refractivity contribution in [3.8, 4) is 18.2 Å². The summed E-state index contributed by atoms with van der Waals surface area (Å²) < 4.78 is 0. The van der Waals surface area contributed by atoms with Gasteiger partial charge in [-0.1, -0.05) is 17.7 Å². The van der Waals surface area contributed by atoms with Crippen molar-refractivity contribution in [3.63, 3.8) is 0 Å². The quantitative estimate of drug-likeness (QED) is 0.611. The van der Waals surface area contributed by atoms with E-state index in [1.165, 1.54) is 18.2 Å². The highest BCUT2D eigenvalue weighted by Crippen LogP contribution is 2.57. The van der Waals surface area contributed by atoms with Gasteiger partial charge in [-0.05, 0) is 42.4 Å². The second kappa shape index (κ2) is 6.76. The summed E-state index contributed by atoms with van der Waals surface area (Å²) in [5.41, 5.74) is 5.20. The van der Waals surface area contributed by atoms with Crippen molar-refractivity contribution in [3.05, 3.63) is 61.8 Å². The van der Waals surface area contributed by atoms with E-state index in [0.29, 0.717) is 17.6 Å². The highest BCUT2D eigenvalue weighted by atomic mass is 35.5. The smallest absolute Gasteiger partial charge is 0.269 e. The molecule has 27 heavy (non-hydrogen) atoms. The molecule has 1 aromatic carbocycles. The molecule has 0 radical (unpaired) electrons. The monoisotopic (exact) mass is 379 g/mol. The van der Waals surface area contributed by atoms with Crippen LogP contribution in [-0.4, -0.2) is 4.92 Å². The number of hydrogen-bond donors (Lipinski definition) is 1. The fourth-order valence-corrected chi connectivity index (χ4v) is 4.34. The van der Waals surface area contributed by atoms with Crippen LogP contribution in [0.4, 0.5) is 5.69 Å². The first-order valence-corrected chi connectivity index (χ1v) is 8.66. The first kappa shape index (κ1) is 18.5. The maximum atomic E-state index is 11.2. The molecular formula is C19H14ClN5O2. The molecule has 0 heterocycles. The van der Waals surface area contributed by atoms with Crippen LogP contribution in [0.1, 0.15) is 30.7 Å². The molecule has 2 atom stereocenters. The zero-order valence-electron chi connectivity index (χ0n) is 14.1. The lowest BCUT2D eigenvalue weighted by atomic mass is 9.56. The van der Waals surface area contributed by atoms with E-state index >= 15 is 0 Å². The van der Waals surface area contributed by atoms with E-state index in [4.69, 9.17) is 17.3 Å². The molecule has 134 valence electrons. The summed E-state index contributed by atoms with van der Waals surface area (Å²) in [5, 5.41) is 40.9. The van der Waals surface area contributed by atoms with Gasteiger partial charge >= 0.3 is 0 Å². The van der Waals surface area contributed by atoms with Crippen LogP contribution >= 0.6 is 11.6 Å². The largest absolute Gasteiger partial charge is 0.399 e. The molecule has 2 N–H and O–H groups in total. The van der Waals surface area contributed by atoms with Crippen molar-refractivity contribution in [1.29, 1.82) is 15.8 Å². The summed E-state index contributed by atoms with van der Waals surface area (Å²) in [5.74, 6) is -1.15. The van der Waals surface area contributed by atoms with Gasteiger partial charge in [-0.3, -0.25) is 10.1 Å². The molecule has 2 aliphatic carbocycles. The Labute approximate surface area is 160 Å². The highest BCUT2D eigenvalue weighted by Gasteiger charge is 2.54. The van der Waals surface area contributed by atoms with Crippen LogP contribution in [0.3, 0.4) is 0 Å². The second-order valence-electron chi connectivity index (χ2n) is 6.57. The van der Waals surface area contributed by atoms with E-state index in [1.54, 1.807) is 0 Å². The summed E-state index contributed by atoms with van der Waals surface area (Å²) in [6, 6.07) is 9.97. The van der Waals surface area contributed by atoms with Crippen LogP contribution in [-0.2, 0) is 0 Å². The summed E-state index contributed by atoms with van der Waals surface area (Å²) in [6.45, 7) is 0. The molecule has 7 nitrogen and oxygen atoms in total. The number of benzene rings is 1. The van der Waals surface area contributed by atoms with E-state index in [9.17, 15) is 25.9 Å². The van der Waals surface area contributed by atoms with Crippen molar-refractivity contribution in [2.45, 2.75) is 25.2 Å². The fourth-order valence-electron chi connectivity index (χ4n) is 4.10. The molecule has 0 saturated carbocycles. The highest BCUT2D eigenvalue weighted by molar-refractivity contribution is 6.31. The Morgan fingerprint density at radius 1 is 1.30 bits per heavy atom. The maximum Gasteiger partial charge on any atom is 0.269 e. The van der Waals surface area contributed by atoms with Crippen molar-refractivity contribution in [2.75, 3.05) is 0 Å². The first-order chi connectivity index (χ1) is 12.9. The predicted molar refractivity (Wildman–Crippen MR) is 96.8 cm³/mol. The minimum atomic E-state index is -1.83. The Kier molecular flexibility index (Phi) is 4.62. The number of allylic oxidation sites excluding steroid dienone is 4. The Hall–Kier alpha value is -3.34. The second-order valence-corrected chi connectivity index (χ2v) is 6.98. The van der Waals surface area contributed by atoms with Gasteiger partial charge in [0.25, 0.3) is 5.69 Å². The van der Waals surface area contributed by atoms with Crippen LogP contribution < -0.4 is 5.73 Å². The van der Waals surface area contributed by atoms with Gasteiger partial charge in [0.1, 0.15) is 6.07 Å². The third-order valence-electron chi connectivity index (χ3n) is 5.32. The lowest BCUT2D eigenvalue weighted by Crippen LogP contribution is -2.42. The number of nitrogens with two attached hydrogens (primary N) is 1. The van der Waals surface area contributed by atoms with Gasteiger partial charge in [-0.2, -0.15) is 15.8 Å². The number of nitro benzene ring substituents is 1. The van der Waals surface area contributed by atoms with Gasteiger partial charge in [0, 0.05) is 23.1 Å². The zero-order chi connectivity index (χ0) is 19.8. The SMILES string of the molecule is N#CC1=C(N)C(C#N)(C#N)C(c2cc([N+](=O)[O-])ccc2Cl)C2CCCC=C12. The molecule has 0 fully saturated rings. The number of nitro groups is 1. The molecule has 0 aromatic heterocycles. The summed E-state index contributed by atoms with van der Waals surface area (Å²) in [6.07, 6.45) is 4.09. The van der Waals surface area contributed by atoms with Crippen LogP contribution in [0.2, 0.25) is 5.02 Å². The van der Waals surface area contributed by atoms with E-state index in [-0.39, 0.29) is 27.9 Å². The summed E-state index contributed by atoms with van der Waals surface area (Å²) >= 11 is 6.34. The third kappa shape index (κ3) is 2.63. The van der Waals surface area contributed by atoms with Gasteiger partial charge in [0.2, 0.25) is 0 Å². The van der Waals surface area contributed by atoms with Gasteiger partial charge in [-0.25, -0.2) is 0 Å². The molecule has 0 aliphatic heterocycles. The van der Waals surface area contributed by atoms with Gasteiger partial charge in [0.05, 0.1) is 28.3 Å². The predicted octanol–water partition coefficient (Wildman–Crippen LogP) is 3.84. The molecule has 3 rings (SSSR count). The molecule has 0 spiro atoms. The number of rotatable bonds is 2. The molecular weight excluding hydrogens is 366 g/mol. The van der Waals surface area contributed by atoms with Crippen molar-refractivity contribution >= 4 is 17.3 Å². The lowest BCUT2D eigenvalue weighted by molar-refractivity contribution is -0.384. The van der Waals surface area contributed by atoms with E-state index in [2.05, 4.69) is 0 Å². The Balaban J connectivity index is 2.37. The summed E-state index contributed by atoms with van der Waals surface area (Å²) in [4.78, 5) is 10.7. The summed E-state index contributed by atoms with van der Waals surface area (Å²) in [7, 11) is 0. The van der Waals surface area contributed by atoms with E-state index < -0.39 is 16.3 Å². The van der Waals surface area contributed by atoms with Gasteiger partial charge in [-0.15, -0.1) is 0 Å². The van der Waals surface area contributed by atoms with E-state index in [1.807, 2.05) is 24.3 Å². The standard InChI is InChI=1S/C19H14ClN5O2/c20-16-6-5-11(25(26)27)7-14(16)17-13-4-2-1-3-12(13)15(8-21)18(24)19(17,9-22)10-23/h3,5-7,13,17H,1-2,4,24H2. The number of halogens is 1. The molecule has 1 aromatic rings. The zero-order valence-corrected chi connectivity index (χ0v) is 14.9. The molecule has 0 amide bonds. The number of fused-ring (bicyclic) bond motifs is 1. The van der Waals surface area contributed by atoms with Gasteiger partial charge < -0.3 is 5.73 Å². The number of nitrogens with zero attached hydrogens (tertiary/aromatic N) is 4. The van der Waals surface area contributed by atoms with Gasteiger partial charge in [0.15, 0.2) is 5.41 Å². The fraction of sp³-hybridized carbons (Fsp3) is 0.316. The normalized spacial score (nSPS) is 23.3. The van der Waals surface area contributed by atoms with Crippen LogP contribution in [0.5, 0.6) is 0 Å². The van der Waals surface area contributed by atoms with Crippen LogP contribution in [0.15, 0.2) is 41.1 Å². The van der Waals surface area contributed by atoms with Crippen molar-refractivity contribution in [2.24, 2.45) is 17.1 Å². The maximum absolute atomic E-state index is 11.2. The van der Waals surface area contributed by atoms with E-state index in [0.717, 1.165) is 12.8 Å².